The van der Waals surface area contributed by atoms with E-state index >= 15 is 0 Å². The summed E-state index contributed by atoms with van der Waals surface area (Å²) in [4.78, 5) is 16.9. The van der Waals surface area contributed by atoms with E-state index in [4.69, 9.17) is 0 Å². The maximum atomic E-state index is 12.3. The van der Waals surface area contributed by atoms with Gasteiger partial charge in [0, 0.05) is 25.6 Å². The number of hydrogen-bond donors (Lipinski definition) is 1. The van der Waals surface area contributed by atoms with Crippen molar-refractivity contribution in [2.45, 2.75) is 45.6 Å². The SMILES string of the molecule is CCN(CC)C1CCN(C(=O)CC2CCNC2)CC1. The maximum Gasteiger partial charge on any atom is 0.222 e. The van der Waals surface area contributed by atoms with Gasteiger partial charge in [-0.25, -0.2) is 0 Å². The van der Waals surface area contributed by atoms with Crippen LogP contribution >= 0.6 is 0 Å². The Hall–Kier alpha value is -0.610. The average Bonchev–Trinajstić information content (AvgIpc) is 2.94. The molecular weight excluding hydrogens is 238 g/mol. The fourth-order valence-electron chi connectivity index (χ4n) is 3.49. The molecule has 2 aliphatic rings. The largest absolute Gasteiger partial charge is 0.343 e. The number of rotatable bonds is 5. The van der Waals surface area contributed by atoms with Crippen molar-refractivity contribution in [3.8, 4) is 0 Å². The van der Waals surface area contributed by atoms with E-state index in [1.165, 1.54) is 6.42 Å². The number of hydrogen-bond acceptors (Lipinski definition) is 3. The van der Waals surface area contributed by atoms with Crippen molar-refractivity contribution in [2.75, 3.05) is 39.3 Å². The van der Waals surface area contributed by atoms with Gasteiger partial charge in [0.1, 0.15) is 0 Å². The molecule has 1 amide bonds. The summed E-state index contributed by atoms with van der Waals surface area (Å²) < 4.78 is 0. The Morgan fingerprint density at radius 3 is 2.42 bits per heavy atom. The molecule has 0 aromatic carbocycles. The minimum absolute atomic E-state index is 0.381. The van der Waals surface area contributed by atoms with Gasteiger partial charge < -0.3 is 15.1 Å². The third kappa shape index (κ3) is 3.93. The van der Waals surface area contributed by atoms with Crippen LogP contribution in [0.15, 0.2) is 0 Å². The van der Waals surface area contributed by atoms with Gasteiger partial charge in [0.05, 0.1) is 0 Å². The number of piperidine rings is 1. The molecule has 0 aliphatic carbocycles. The number of carbonyl (C=O) groups is 1. The number of carbonyl (C=O) groups excluding carboxylic acids is 1. The summed E-state index contributed by atoms with van der Waals surface area (Å²) in [5, 5.41) is 3.34. The molecule has 4 nitrogen and oxygen atoms in total. The first kappa shape index (κ1) is 14.8. The molecule has 0 aromatic rings. The van der Waals surface area contributed by atoms with Gasteiger partial charge in [-0.2, -0.15) is 0 Å². The van der Waals surface area contributed by atoms with E-state index in [1.54, 1.807) is 0 Å². The van der Waals surface area contributed by atoms with Crippen molar-refractivity contribution in [2.24, 2.45) is 5.92 Å². The Kier molecular flexibility index (Phi) is 5.64. The molecule has 0 aromatic heterocycles. The normalized spacial score (nSPS) is 25.2. The Bertz CT molecular complexity index is 277. The van der Waals surface area contributed by atoms with Crippen LogP contribution in [-0.4, -0.2) is 61.0 Å². The summed E-state index contributed by atoms with van der Waals surface area (Å²) in [7, 11) is 0. The molecule has 2 aliphatic heterocycles. The predicted octanol–water partition coefficient (Wildman–Crippen LogP) is 1.32. The predicted molar refractivity (Wildman–Crippen MR) is 78.1 cm³/mol. The Morgan fingerprint density at radius 2 is 1.89 bits per heavy atom. The molecule has 2 fully saturated rings. The number of nitrogens with one attached hydrogen (secondary N) is 1. The zero-order valence-corrected chi connectivity index (χ0v) is 12.5. The second kappa shape index (κ2) is 7.25. The zero-order chi connectivity index (χ0) is 13.7. The second-order valence-corrected chi connectivity index (χ2v) is 5.90. The van der Waals surface area contributed by atoms with Crippen LogP contribution in [-0.2, 0) is 4.79 Å². The van der Waals surface area contributed by atoms with Crippen LogP contribution < -0.4 is 5.32 Å². The molecule has 2 rings (SSSR count). The summed E-state index contributed by atoms with van der Waals surface area (Å²) in [5.74, 6) is 0.958. The quantitative estimate of drug-likeness (QED) is 0.816. The van der Waals surface area contributed by atoms with Crippen molar-refractivity contribution < 1.29 is 4.79 Å². The molecule has 2 heterocycles. The van der Waals surface area contributed by atoms with Crippen LogP contribution in [0.3, 0.4) is 0 Å². The molecule has 19 heavy (non-hydrogen) atoms. The highest BCUT2D eigenvalue weighted by Crippen LogP contribution is 2.19. The van der Waals surface area contributed by atoms with E-state index in [-0.39, 0.29) is 0 Å². The van der Waals surface area contributed by atoms with E-state index in [2.05, 4.69) is 29.0 Å². The van der Waals surface area contributed by atoms with Crippen molar-refractivity contribution in [1.82, 2.24) is 15.1 Å². The monoisotopic (exact) mass is 267 g/mol. The van der Waals surface area contributed by atoms with Crippen LogP contribution in [0.1, 0.15) is 39.5 Å². The van der Waals surface area contributed by atoms with Gasteiger partial charge >= 0.3 is 0 Å². The molecular formula is C15H29N3O. The van der Waals surface area contributed by atoms with Gasteiger partial charge in [-0.05, 0) is 51.4 Å². The van der Waals surface area contributed by atoms with Gasteiger partial charge in [0.25, 0.3) is 0 Å². The molecule has 4 heteroatoms. The highest BCUT2D eigenvalue weighted by atomic mass is 16.2. The summed E-state index contributed by atoms with van der Waals surface area (Å²) in [6, 6.07) is 0.687. The van der Waals surface area contributed by atoms with Crippen molar-refractivity contribution in [1.29, 1.82) is 0 Å². The molecule has 0 radical (unpaired) electrons. The topological polar surface area (TPSA) is 35.6 Å². The summed E-state index contributed by atoms with van der Waals surface area (Å²) in [5.41, 5.74) is 0. The van der Waals surface area contributed by atoms with Gasteiger partial charge in [-0.1, -0.05) is 13.8 Å². The smallest absolute Gasteiger partial charge is 0.222 e. The van der Waals surface area contributed by atoms with Gasteiger partial charge in [-0.15, -0.1) is 0 Å². The third-order valence-electron chi connectivity index (χ3n) is 4.77. The van der Waals surface area contributed by atoms with Crippen molar-refractivity contribution in [3.63, 3.8) is 0 Å². The molecule has 2 saturated heterocycles. The Morgan fingerprint density at radius 1 is 1.21 bits per heavy atom. The lowest BCUT2D eigenvalue weighted by atomic mass is 10.00. The van der Waals surface area contributed by atoms with Crippen molar-refractivity contribution in [3.05, 3.63) is 0 Å². The maximum absolute atomic E-state index is 12.3. The van der Waals surface area contributed by atoms with E-state index in [1.807, 2.05) is 0 Å². The summed E-state index contributed by atoms with van der Waals surface area (Å²) >= 11 is 0. The highest BCUT2D eigenvalue weighted by molar-refractivity contribution is 5.76. The minimum Gasteiger partial charge on any atom is -0.343 e. The van der Waals surface area contributed by atoms with Gasteiger partial charge in [-0.3, -0.25) is 4.79 Å². The minimum atomic E-state index is 0.381. The standard InChI is InChI=1S/C15H29N3O/c1-3-17(4-2)14-6-9-18(10-7-14)15(19)11-13-5-8-16-12-13/h13-14,16H,3-12H2,1-2H3. The van der Waals surface area contributed by atoms with Crippen LogP contribution in [0.25, 0.3) is 0 Å². The van der Waals surface area contributed by atoms with Crippen LogP contribution in [0.2, 0.25) is 0 Å². The van der Waals surface area contributed by atoms with E-state index < -0.39 is 0 Å². The third-order valence-corrected chi connectivity index (χ3v) is 4.77. The fraction of sp³-hybridized carbons (Fsp3) is 0.933. The lowest BCUT2D eigenvalue weighted by Crippen LogP contribution is -2.47. The van der Waals surface area contributed by atoms with E-state index in [0.717, 1.165) is 58.5 Å². The first-order valence-electron chi connectivity index (χ1n) is 7.97. The first-order chi connectivity index (χ1) is 9.24. The van der Waals surface area contributed by atoms with Gasteiger partial charge in [0.2, 0.25) is 5.91 Å². The lowest BCUT2D eigenvalue weighted by molar-refractivity contribution is -0.133. The molecule has 0 spiro atoms. The number of nitrogens with zero attached hydrogens (tertiary/aromatic N) is 2. The van der Waals surface area contributed by atoms with Crippen molar-refractivity contribution >= 4 is 5.91 Å². The summed E-state index contributed by atoms with van der Waals surface area (Å²) in [6.45, 7) is 10.7. The van der Waals surface area contributed by atoms with Gasteiger partial charge in [0.15, 0.2) is 0 Å². The highest BCUT2D eigenvalue weighted by Gasteiger charge is 2.27. The summed E-state index contributed by atoms with van der Waals surface area (Å²) in [6.07, 6.45) is 4.22. The number of amides is 1. The lowest BCUT2D eigenvalue weighted by Gasteiger charge is -2.38. The molecule has 1 N–H and O–H groups in total. The average molecular weight is 267 g/mol. The zero-order valence-electron chi connectivity index (χ0n) is 12.5. The Balaban J connectivity index is 1.74. The van der Waals surface area contributed by atoms with E-state index in [0.29, 0.717) is 17.9 Å². The fourth-order valence-corrected chi connectivity index (χ4v) is 3.49. The van der Waals surface area contributed by atoms with Crippen LogP contribution in [0.4, 0.5) is 0 Å². The molecule has 1 atom stereocenters. The molecule has 1 unspecified atom stereocenters. The molecule has 110 valence electrons. The van der Waals surface area contributed by atoms with E-state index in [9.17, 15) is 4.79 Å². The first-order valence-corrected chi connectivity index (χ1v) is 7.97. The van der Waals surface area contributed by atoms with Crippen LogP contribution in [0, 0.1) is 5.92 Å². The Labute approximate surface area is 117 Å². The number of likely N-dealkylation sites (tertiary alicyclic amines) is 1. The van der Waals surface area contributed by atoms with Crippen LogP contribution in [0.5, 0.6) is 0 Å². The second-order valence-electron chi connectivity index (χ2n) is 5.90. The molecule has 0 bridgehead atoms. The molecule has 0 saturated carbocycles.